The van der Waals surface area contributed by atoms with Crippen LogP contribution in [-0.4, -0.2) is 83.9 Å². The van der Waals surface area contributed by atoms with Crippen molar-refractivity contribution in [3.05, 3.63) is 48.4 Å². The molecular weight excluding hydrogens is 380 g/mol. The standard InChI is InChI=1S/C22H30N6O2/c1-26-15-17(7-8-18(16-26)25-21(29)19-5-4-10-23-19)22(30)28-13-11-27(12-14-28)20-6-2-3-9-24-20/h2-6,9-10,17-18,23H,7-8,11-16H2,1H3,(H,25,29)/t17-,18+/m1/s1. The number of aromatic nitrogens is 2. The molecule has 0 unspecified atom stereocenters. The van der Waals surface area contributed by atoms with Gasteiger partial charge >= 0.3 is 0 Å². The summed E-state index contributed by atoms with van der Waals surface area (Å²) in [6.45, 7) is 4.54. The number of carbonyl (C=O) groups is 2. The first-order valence-electron chi connectivity index (χ1n) is 10.7. The van der Waals surface area contributed by atoms with E-state index in [2.05, 4.69) is 25.1 Å². The van der Waals surface area contributed by atoms with Gasteiger partial charge in [0.25, 0.3) is 5.91 Å². The first-order valence-corrected chi connectivity index (χ1v) is 10.7. The maximum Gasteiger partial charge on any atom is 0.267 e. The topological polar surface area (TPSA) is 84.6 Å². The quantitative estimate of drug-likeness (QED) is 0.791. The number of rotatable bonds is 4. The predicted octanol–water partition coefficient (Wildman–Crippen LogP) is 1.20. The van der Waals surface area contributed by atoms with Crippen molar-refractivity contribution in [3.8, 4) is 0 Å². The van der Waals surface area contributed by atoms with Gasteiger partial charge in [-0.1, -0.05) is 6.07 Å². The molecule has 0 saturated carbocycles. The molecule has 2 saturated heterocycles. The number of pyridine rings is 1. The molecule has 4 heterocycles. The van der Waals surface area contributed by atoms with E-state index >= 15 is 0 Å². The Hall–Kier alpha value is -2.87. The fourth-order valence-corrected chi connectivity index (χ4v) is 4.42. The van der Waals surface area contributed by atoms with Crippen LogP contribution < -0.4 is 10.2 Å². The first-order chi connectivity index (χ1) is 14.6. The highest BCUT2D eigenvalue weighted by Gasteiger charge is 2.32. The van der Waals surface area contributed by atoms with E-state index in [1.807, 2.05) is 36.2 Å². The van der Waals surface area contributed by atoms with E-state index in [1.165, 1.54) is 0 Å². The third-order valence-electron chi connectivity index (χ3n) is 6.02. The summed E-state index contributed by atoms with van der Waals surface area (Å²) >= 11 is 0. The van der Waals surface area contributed by atoms with Gasteiger partial charge in [-0.15, -0.1) is 0 Å². The molecule has 0 aromatic carbocycles. The molecule has 2 amide bonds. The Bertz CT molecular complexity index is 833. The summed E-state index contributed by atoms with van der Waals surface area (Å²) in [6, 6.07) is 9.55. The molecule has 2 aromatic heterocycles. The van der Waals surface area contributed by atoms with Crippen LogP contribution in [0.2, 0.25) is 0 Å². The van der Waals surface area contributed by atoms with Gasteiger partial charge < -0.3 is 25.0 Å². The SMILES string of the molecule is CN1C[C@@H](NC(=O)c2ccc[nH]2)CC[C@@H](C(=O)N2CCN(c3ccccn3)CC2)C1. The number of carbonyl (C=O) groups excluding carboxylic acids is 2. The summed E-state index contributed by atoms with van der Waals surface area (Å²) in [5.41, 5.74) is 0.570. The zero-order valence-corrected chi connectivity index (χ0v) is 17.5. The fourth-order valence-electron chi connectivity index (χ4n) is 4.42. The number of amides is 2. The molecular formula is C22H30N6O2. The smallest absolute Gasteiger partial charge is 0.267 e. The summed E-state index contributed by atoms with van der Waals surface area (Å²) in [7, 11) is 2.03. The molecule has 0 aliphatic carbocycles. The molecule has 0 bridgehead atoms. The van der Waals surface area contributed by atoms with Crippen molar-refractivity contribution in [2.45, 2.75) is 18.9 Å². The van der Waals surface area contributed by atoms with Crippen molar-refractivity contribution < 1.29 is 9.59 Å². The molecule has 0 spiro atoms. The molecule has 2 fully saturated rings. The van der Waals surface area contributed by atoms with Gasteiger partial charge in [-0.2, -0.15) is 0 Å². The molecule has 2 aliphatic rings. The predicted molar refractivity (Wildman–Crippen MR) is 115 cm³/mol. The second-order valence-corrected chi connectivity index (χ2v) is 8.25. The second-order valence-electron chi connectivity index (χ2n) is 8.25. The van der Waals surface area contributed by atoms with E-state index in [0.29, 0.717) is 5.69 Å². The number of hydrogen-bond acceptors (Lipinski definition) is 5. The van der Waals surface area contributed by atoms with Crippen LogP contribution in [0.25, 0.3) is 0 Å². The van der Waals surface area contributed by atoms with Crippen LogP contribution in [0.15, 0.2) is 42.7 Å². The van der Waals surface area contributed by atoms with Crippen LogP contribution in [0.5, 0.6) is 0 Å². The van der Waals surface area contributed by atoms with Gasteiger partial charge in [0.05, 0.1) is 5.92 Å². The van der Waals surface area contributed by atoms with Crippen molar-refractivity contribution in [2.75, 3.05) is 51.2 Å². The van der Waals surface area contributed by atoms with Gasteiger partial charge in [-0.3, -0.25) is 9.59 Å². The lowest BCUT2D eigenvalue weighted by Gasteiger charge is -2.37. The monoisotopic (exact) mass is 410 g/mol. The highest BCUT2D eigenvalue weighted by Crippen LogP contribution is 2.21. The van der Waals surface area contributed by atoms with Crippen LogP contribution >= 0.6 is 0 Å². The maximum absolute atomic E-state index is 13.2. The van der Waals surface area contributed by atoms with Crippen LogP contribution in [0.3, 0.4) is 0 Å². The molecule has 2 N–H and O–H groups in total. The zero-order valence-electron chi connectivity index (χ0n) is 17.5. The summed E-state index contributed by atoms with van der Waals surface area (Å²) in [5.74, 6) is 1.09. The molecule has 2 aliphatic heterocycles. The van der Waals surface area contributed by atoms with Gasteiger partial charge in [0, 0.05) is 57.7 Å². The number of nitrogens with zero attached hydrogens (tertiary/aromatic N) is 4. The summed E-state index contributed by atoms with van der Waals surface area (Å²) in [6.07, 6.45) is 5.15. The lowest BCUT2D eigenvalue weighted by molar-refractivity contribution is -0.136. The Kier molecular flexibility index (Phi) is 6.32. The minimum atomic E-state index is -0.0891. The van der Waals surface area contributed by atoms with Crippen molar-refractivity contribution in [2.24, 2.45) is 5.92 Å². The van der Waals surface area contributed by atoms with E-state index in [4.69, 9.17) is 0 Å². The number of likely N-dealkylation sites (tertiary alicyclic amines) is 1. The molecule has 8 heteroatoms. The third kappa shape index (κ3) is 4.81. The Balaban J connectivity index is 1.30. The first kappa shape index (κ1) is 20.4. The average Bonchev–Trinajstić information content (AvgIpc) is 3.25. The Morgan fingerprint density at radius 2 is 1.90 bits per heavy atom. The van der Waals surface area contributed by atoms with Crippen LogP contribution in [0.4, 0.5) is 5.82 Å². The van der Waals surface area contributed by atoms with E-state index in [1.54, 1.807) is 18.5 Å². The van der Waals surface area contributed by atoms with E-state index in [0.717, 1.165) is 57.9 Å². The van der Waals surface area contributed by atoms with Gasteiger partial charge in [-0.25, -0.2) is 4.98 Å². The zero-order chi connectivity index (χ0) is 20.9. The molecule has 160 valence electrons. The van der Waals surface area contributed by atoms with Gasteiger partial charge in [0.1, 0.15) is 11.5 Å². The summed E-state index contributed by atoms with van der Waals surface area (Å²) in [5, 5.41) is 3.10. The van der Waals surface area contributed by atoms with E-state index in [-0.39, 0.29) is 23.8 Å². The molecule has 0 radical (unpaired) electrons. The minimum Gasteiger partial charge on any atom is -0.357 e. The number of aromatic amines is 1. The normalized spacial score (nSPS) is 23.1. The lowest BCUT2D eigenvalue weighted by Crippen LogP contribution is -2.51. The summed E-state index contributed by atoms with van der Waals surface area (Å²) in [4.78, 5) is 39.3. The number of piperazine rings is 1. The highest BCUT2D eigenvalue weighted by molar-refractivity contribution is 5.92. The molecule has 2 aromatic rings. The van der Waals surface area contributed by atoms with Crippen LogP contribution in [0.1, 0.15) is 23.3 Å². The Morgan fingerprint density at radius 3 is 2.60 bits per heavy atom. The molecule has 4 rings (SSSR count). The second kappa shape index (κ2) is 9.30. The Labute approximate surface area is 177 Å². The van der Waals surface area contributed by atoms with E-state index in [9.17, 15) is 9.59 Å². The fraction of sp³-hybridized carbons (Fsp3) is 0.500. The minimum absolute atomic E-state index is 0.0243. The number of likely N-dealkylation sites (N-methyl/N-ethyl adjacent to an activating group) is 1. The number of hydrogen-bond donors (Lipinski definition) is 2. The largest absolute Gasteiger partial charge is 0.357 e. The van der Waals surface area contributed by atoms with Gasteiger partial charge in [0.2, 0.25) is 5.91 Å². The van der Waals surface area contributed by atoms with Crippen molar-refractivity contribution in [1.29, 1.82) is 0 Å². The number of nitrogens with one attached hydrogen (secondary N) is 2. The number of H-pyrrole nitrogens is 1. The van der Waals surface area contributed by atoms with Crippen LogP contribution in [-0.2, 0) is 4.79 Å². The van der Waals surface area contributed by atoms with Gasteiger partial charge in [0.15, 0.2) is 0 Å². The van der Waals surface area contributed by atoms with Crippen molar-refractivity contribution in [1.82, 2.24) is 25.1 Å². The average molecular weight is 411 g/mol. The van der Waals surface area contributed by atoms with Crippen molar-refractivity contribution in [3.63, 3.8) is 0 Å². The molecule has 30 heavy (non-hydrogen) atoms. The van der Waals surface area contributed by atoms with Crippen molar-refractivity contribution >= 4 is 17.6 Å². The molecule has 8 nitrogen and oxygen atoms in total. The van der Waals surface area contributed by atoms with Crippen LogP contribution in [0, 0.1) is 5.92 Å². The highest BCUT2D eigenvalue weighted by atomic mass is 16.2. The number of anilines is 1. The summed E-state index contributed by atoms with van der Waals surface area (Å²) < 4.78 is 0. The van der Waals surface area contributed by atoms with E-state index < -0.39 is 0 Å². The Morgan fingerprint density at radius 1 is 1.07 bits per heavy atom. The molecule has 2 atom stereocenters. The third-order valence-corrected chi connectivity index (χ3v) is 6.02. The maximum atomic E-state index is 13.2. The lowest BCUT2D eigenvalue weighted by atomic mass is 9.99. The van der Waals surface area contributed by atoms with Gasteiger partial charge in [-0.05, 0) is 44.2 Å².